The van der Waals surface area contributed by atoms with E-state index in [9.17, 15) is 19.2 Å². The summed E-state index contributed by atoms with van der Waals surface area (Å²) in [7, 11) is 0. The summed E-state index contributed by atoms with van der Waals surface area (Å²) in [5, 5.41) is 5.81. The van der Waals surface area contributed by atoms with Gasteiger partial charge in [-0.05, 0) is 38.4 Å². The van der Waals surface area contributed by atoms with Crippen molar-refractivity contribution in [2.45, 2.75) is 87.0 Å². The summed E-state index contributed by atoms with van der Waals surface area (Å²) < 4.78 is 22.6. The summed E-state index contributed by atoms with van der Waals surface area (Å²) in [6.07, 6.45) is 5.85. The number of carbonyl (C=O) groups is 4. The van der Waals surface area contributed by atoms with Crippen LogP contribution in [0, 0.1) is 5.82 Å². The summed E-state index contributed by atoms with van der Waals surface area (Å²) >= 11 is 3.02. The van der Waals surface area contributed by atoms with Gasteiger partial charge in [0.25, 0.3) is 5.91 Å². The SMILES string of the molecule is CC(C)(C)c1cnc(CSc2cnc(NC(=O)N3CCN(C4CCN(Cc5ccc6c(c5F)CN(C5CCC(=O)NC5=O)C6=O)CC4)CC3)s2)o1. The number of piperidine rings is 2. The average Bonchev–Trinajstić information content (AvgIpc) is 3.85. The molecule has 5 amide bonds. The van der Waals surface area contributed by atoms with Gasteiger partial charge in [0.15, 0.2) is 5.13 Å². The van der Waals surface area contributed by atoms with Crippen LogP contribution in [-0.2, 0) is 33.8 Å². The lowest BCUT2D eigenvalue weighted by Crippen LogP contribution is -2.54. The van der Waals surface area contributed by atoms with E-state index in [1.807, 2.05) is 4.90 Å². The van der Waals surface area contributed by atoms with Gasteiger partial charge in [-0.15, -0.1) is 11.8 Å². The highest BCUT2D eigenvalue weighted by Crippen LogP contribution is 2.33. The number of carbonyl (C=O) groups excluding carboxylic acids is 4. The third-order valence-corrected chi connectivity index (χ3v) is 12.2. The molecule has 0 bridgehead atoms. The number of halogens is 1. The van der Waals surface area contributed by atoms with Gasteiger partial charge in [0.2, 0.25) is 17.7 Å². The number of piperazine rings is 1. The van der Waals surface area contributed by atoms with Crippen LogP contribution in [0.2, 0.25) is 0 Å². The average molecular weight is 739 g/mol. The smallest absolute Gasteiger partial charge is 0.323 e. The van der Waals surface area contributed by atoms with E-state index in [4.69, 9.17) is 4.42 Å². The zero-order valence-electron chi connectivity index (χ0n) is 29.1. The van der Waals surface area contributed by atoms with Crippen LogP contribution in [0.4, 0.5) is 14.3 Å². The fourth-order valence-corrected chi connectivity index (χ4v) is 8.87. The molecule has 6 heterocycles. The lowest BCUT2D eigenvalue weighted by Gasteiger charge is -2.42. The molecule has 3 aromatic rings. The number of likely N-dealkylation sites (tertiary alicyclic amines) is 1. The number of rotatable bonds is 8. The molecule has 13 nitrogen and oxygen atoms in total. The van der Waals surface area contributed by atoms with Gasteiger partial charge >= 0.3 is 6.03 Å². The summed E-state index contributed by atoms with van der Waals surface area (Å²) in [6, 6.07) is 2.84. The van der Waals surface area contributed by atoms with Crippen LogP contribution < -0.4 is 10.6 Å². The van der Waals surface area contributed by atoms with Gasteiger partial charge < -0.3 is 14.2 Å². The van der Waals surface area contributed by atoms with Crippen LogP contribution in [0.5, 0.6) is 0 Å². The molecule has 2 N–H and O–H groups in total. The van der Waals surface area contributed by atoms with Gasteiger partial charge in [-0.1, -0.05) is 38.2 Å². The molecule has 16 heteroatoms. The number of amides is 5. The van der Waals surface area contributed by atoms with Crippen molar-refractivity contribution in [1.82, 2.24) is 34.9 Å². The monoisotopic (exact) mass is 738 g/mol. The molecule has 0 spiro atoms. The largest absolute Gasteiger partial charge is 0.444 e. The summed E-state index contributed by atoms with van der Waals surface area (Å²) in [5.41, 5.74) is 1.06. The summed E-state index contributed by atoms with van der Waals surface area (Å²) in [6.45, 7) is 11.2. The maximum absolute atomic E-state index is 15.7. The van der Waals surface area contributed by atoms with E-state index in [0.29, 0.717) is 53.6 Å². The number of anilines is 1. The molecule has 272 valence electrons. The van der Waals surface area contributed by atoms with E-state index >= 15 is 4.39 Å². The van der Waals surface area contributed by atoms with Crippen molar-refractivity contribution >= 4 is 52.0 Å². The highest BCUT2D eigenvalue weighted by Gasteiger charge is 2.40. The zero-order chi connectivity index (χ0) is 35.9. The van der Waals surface area contributed by atoms with Crippen LogP contribution in [0.25, 0.3) is 0 Å². The van der Waals surface area contributed by atoms with Crippen LogP contribution >= 0.6 is 23.1 Å². The maximum atomic E-state index is 15.7. The topological polar surface area (TPSA) is 144 Å². The van der Waals surface area contributed by atoms with E-state index in [1.54, 1.807) is 36.3 Å². The number of aromatic nitrogens is 2. The Morgan fingerprint density at radius 3 is 2.53 bits per heavy atom. The van der Waals surface area contributed by atoms with Gasteiger partial charge in [0, 0.05) is 67.3 Å². The third kappa shape index (κ3) is 7.83. The molecular formula is C35H43FN8O5S2. The minimum absolute atomic E-state index is 0.0270. The molecule has 1 unspecified atom stereocenters. The van der Waals surface area contributed by atoms with Gasteiger partial charge in [-0.25, -0.2) is 19.2 Å². The maximum Gasteiger partial charge on any atom is 0.323 e. The minimum Gasteiger partial charge on any atom is -0.444 e. The number of oxazole rings is 1. The van der Waals surface area contributed by atoms with Gasteiger partial charge in [0.1, 0.15) is 17.6 Å². The normalized spacial score (nSPS) is 20.9. The van der Waals surface area contributed by atoms with E-state index < -0.39 is 11.9 Å². The molecule has 4 aliphatic heterocycles. The van der Waals surface area contributed by atoms with E-state index in [-0.39, 0.29) is 54.0 Å². The fourth-order valence-electron chi connectivity index (χ4n) is 7.16. The predicted octanol–water partition coefficient (Wildman–Crippen LogP) is 4.44. The number of thiazole rings is 1. The molecule has 1 atom stereocenters. The Hall–Kier alpha value is -3.86. The molecule has 4 aliphatic rings. The van der Waals surface area contributed by atoms with Crippen molar-refractivity contribution in [2.24, 2.45) is 0 Å². The Kier molecular flexibility index (Phi) is 10.2. The molecule has 0 radical (unpaired) electrons. The van der Waals surface area contributed by atoms with E-state index in [1.165, 1.54) is 16.2 Å². The number of fused-ring (bicyclic) bond motifs is 1. The summed E-state index contributed by atoms with van der Waals surface area (Å²) in [4.78, 5) is 66.7. The van der Waals surface area contributed by atoms with E-state index in [0.717, 1.165) is 49.0 Å². The molecule has 2 aromatic heterocycles. The third-order valence-electron chi connectivity index (χ3n) is 10.1. The second-order valence-corrected chi connectivity index (χ2v) is 16.9. The van der Waals surface area contributed by atoms with Crippen LogP contribution in [0.15, 0.2) is 33.2 Å². The Bertz CT molecular complexity index is 1810. The van der Waals surface area contributed by atoms with Crippen molar-refractivity contribution in [2.75, 3.05) is 44.6 Å². The molecule has 1 aromatic carbocycles. The molecular weight excluding hydrogens is 696 g/mol. The fraction of sp³-hybridized carbons (Fsp3) is 0.543. The lowest BCUT2D eigenvalue weighted by atomic mass is 9.94. The van der Waals surface area contributed by atoms with Crippen molar-refractivity contribution in [1.29, 1.82) is 0 Å². The van der Waals surface area contributed by atoms with Crippen LogP contribution in [0.1, 0.15) is 79.6 Å². The number of urea groups is 1. The highest BCUT2D eigenvalue weighted by atomic mass is 32.2. The van der Waals surface area contributed by atoms with Crippen molar-refractivity contribution in [3.05, 3.63) is 58.7 Å². The zero-order valence-corrected chi connectivity index (χ0v) is 30.7. The number of nitrogens with one attached hydrogen (secondary N) is 2. The van der Waals surface area contributed by atoms with Gasteiger partial charge in [-0.2, -0.15) is 0 Å². The van der Waals surface area contributed by atoms with Gasteiger partial charge in [-0.3, -0.25) is 34.8 Å². The van der Waals surface area contributed by atoms with Gasteiger partial charge in [0.05, 0.1) is 28.9 Å². The highest BCUT2D eigenvalue weighted by molar-refractivity contribution is 8.00. The number of hydrogen-bond acceptors (Lipinski definition) is 11. The van der Waals surface area contributed by atoms with Crippen molar-refractivity contribution in [3.63, 3.8) is 0 Å². The molecule has 51 heavy (non-hydrogen) atoms. The predicted molar refractivity (Wildman–Crippen MR) is 190 cm³/mol. The van der Waals surface area contributed by atoms with E-state index in [2.05, 4.69) is 51.2 Å². The second kappa shape index (κ2) is 14.6. The minimum atomic E-state index is -0.768. The Balaban J connectivity index is 0.841. The number of nitrogens with zero attached hydrogens (tertiary/aromatic N) is 6. The second-order valence-electron chi connectivity index (χ2n) is 14.6. The van der Waals surface area contributed by atoms with Crippen molar-refractivity contribution in [3.8, 4) is 0 Å². The molecule has 3 fully saturated rings. The van der Waals surface area contributed by atoms with Crippen LogP contribution in [0.3, 0.4) is 0 Å². The first-order valence-corrected chi connectivity index (χ1v) is 19.2. The number of imide groups is 1. The van der Waals surface area contributed by atoms with Crippen LogP contribution in [-0.4, -0.2) is 105 Å². The first kappa shape index (κ1) is 35.5. The lowest BCUT2D eigenvalue weighted by molar-refractivity contribution is -0.136. The Labute approximate surface area is 304 Å². The number of hydrogen-bond donors (Lipinski definition) is 2. The standard InChI is InChI=1S/C35H43FN8O5S2/c1-35(2,3)26-16-37-28(49-26)20-50-29-17-38-33(51-29)40-34(48)43-14-12-42(13-15-43)22-8-10-41(11-9-22)18-21-4-5-23-24(30(21)36)19-44(32(23)47)25-6-7-27(45)39-31(25)46/h4-5,16-17,22,25H,6-15,18-20H2,1-3H3,(H,38,40,48)(H,39,45,46). The summed E-state index contributed by atoms with van der Waals surface area (Å²) in [5.74, 6) is 0.496. The first-order chi connectivity index (χ1) is 24.4. The number of thioether (sulfide) groups is 1. The van der Waals surface area contributed by atoms with Crippen molar-refractivity contribution < 1.29 is 28.0 Å². The Morgan fingerprint density at radius 1 is 1.06 bits per heavy atom. The Morgan fingerprint density at radius 2 is 1.82 bits per heavy atom. The number of benzene rings is 1. The quantitative estimate of drug-likeness (QED) is 0.252. The molecule has 0 aliphatic carbocycles. The molecule has 0 saturated carbocycles. The molecule has 7 rings (SSSR count). The molecule has 3 saturated heterocycles. The first-order valence-electron chi connectivity index (χ1n) is 17.4.